The highest BCUT2D eigenvalue weighted by Crippen LogP contribution is 2.26. The quantitative estimate of drug-likeness (QED) is 0.471. The van der Waals surface area contributed by atoms with Crippen LogP contribution in [0, 0.1) is 0 Å². The second kappa shape index (κ2) is 10.9. The van der Waals surface area contributed by atoms with Crippen LogP contribution in [0.5, 0.6) is 17.2 Å². The summed E-state index contributed by atoms with van der Waals surface area (Å²) in [5.41, 5.74) is 1.32. The van der Waals surface area contributed by atoms with E-state index in [4.69, 9.17) is 14.2 Å². The number of nitrogens with zero attached hydrogens (tertiary/aromatic N) is 1. The molecule has 0 bridgehead atoms. The SMILES string of the molecule is COc1ccc(S(=O)(=O)N(C)c2ccc(OCC(=O)NC(C)c3ccccc3OC)cc2)cc1. The Hall–Kier alpha value is -3.72. The topological polar surface area (TPSA) is 94.2 Å². The number of carbonyl (C=O) groups is 1. The molecule has 0 spiro atoms. The molecule has 1 unspecified atom stereocenters. The molecule has 0 fully saturated rings. The molecule has 0 radical (unpaired) electrons. The highest BCUT2D eigenvalue weighted by atomic mass is 32.2. The lowest BCUT2D eigenvalue weighted by atomic mass is 10.1. The molecule has 0 aromatic heterocycles. The Morgan fingerprint density at radius 2 is 1.53 bits per heavy atom. The van der Waals surface area contributed by atoms with Gasteiger partial charge in [0.15, 0.2) is 6.61 Å². The van der Waals surface area contributed by atoms with Gasteiger partial charge in [0.1, 0.15) is 17.2 Å². The highest BCUT2D eigenvalue weighted by molar-refractivity contribution is 7.92. The second-order valence-electron chi connectivity index (χ2n) is 7.46. The van der Waals surface area contributed by atoms with Gasteiger partial charge >= 0.3 is 0 Å². The van der Waals surface area contributed by atoms with Crippen molar-refractivity contribution < 1.29 is 27.4 Å². The number of anilines is 1. The van der Waals surface area contributed by atoms with Gasteiger partial charge in [-0.05, 0) is 61.5 Å². The number of hydrogen-bond acceptors (Lipinski definition) is 6. The Kier molecular flexibility index (Phi) is 8.01. The van der Waals surface area contributed by atoms with E-state index in [1.807, 2.05) is 31.2 Å². The number of para-hydroxylation sites is 1. The molecule has 0 saturated carbocycles. The Morgan fingerprint density at radius 3 is 2.15 bits per heavy atom. The molecular weight excluding hydrogens is 456 g/mol. The van der Waals surface area contributed by atoms with Crippen molar-refractivity contribution in [2.24, 2.45) is 0 Å². The lowest BCUT2D eigenvalue weighted by Gasteiger charge is -2.20. The number of methoxy groups -OCH3 is 2. The van der Waals surface area contributed by atoms with Crippen LogP contribution < -0.4 is 23.8 Å². The number of rotatable bonds is 10. The average molecular weight is 485 g/mol. The molecule has 0 aliphatic heterocycles. The number of hydrogen-bond donors (Lipinski definition) is 1. The molecule has 0 aliphatic carbocycles. The number of carbonyl (C=O) groups excluding carboxylic acids is 1. The van der Waals surface area contributed by atoms with E-state index in [0.717, 1.165) is 5.56 Å². The van der Waals surface area contributed by atoms with E-state index in [9.17, 15) is 13.2 Å². The summed E-state index contributed by atoms with van der Waals surface area (Å²) in [6.45, 7) is 1.68. The Labute approximate surface area is 200 Å². The molecule has 3 aromatic rings. The standard InChI is InChI=1S/C25H28N2O6S/c1-18(23-7-5-6-8-24(23)32-4)26-25(28)17-33-21-11-9-19(10-12-21)27(2)34(29,30)22-15-13-20(31-3)14-16-22/h5-16,18H,17H2,1-4H3,(H,26,28). The predicted octanol–water partition coefficient (Wildman–Crippen LogP) is 3.79. The fourth-order valence-corrected chi connectivity index (χ4v) is 4.53. The minimum atomic E-state index is -3.74. The molecule has 8 nitrogen and oxygen atoms in total. The average Bonchev–Trinajstić information content (AvgIpc) is 2.87. The lowest BCUT2D eigenvalue weighted by molar-refractivity contribution is -0.123. The molecule has 34 heavy (non-hydrogen) atoms. The number of ether oxygens (including phenoxy) is 3. The van der Waals surface area contributed by atoms with Crippen LogP contribution >= 0.6 is 0 Å². The van der Waals surface area contributed by atoms with Gasteiger partial charge < -0.3 is 19.5 Å². The molecule has 1 atom stereocenters. The smallest absolute Gasteiger partial charge is 0.264 e. The van der Waals surface area contributed by atoms with E-state index in [2.05, 4.69) is 5.32 Å². The maximum absolute atomic E-state index is 12.9. The van der Waals surface area contributed by atoms with Crippen LogP contribution in [-0.2, 0) is 14.8 Å². The molecule has 1 amide bonds. The molecular formula is C25H28N2O6S. The predicted molar refractivity (Wildman–Crippen MR) is 130 cm³/mol. The summed E-state index contributed by atoms with van der Waals surface area (Å²) in [7, 11) is 0.837. The van der Waals surface area contributed by atoms with Crippen molar-refractivity contribution in [3.05, 3.63) is 78.4 Å². The second-order valence-corrected chi connectivity index (χ2v) is 9.43. The molecule has 0 aliphatic rings. The monoisotopic (exact) mass is 484 g/mol. The Balaban J connectivity index is 1.59. The molecule has 3 rings (SSSR count). The van der Waals surface area contributed by atoms with Gasteiger partial charge in [-0.1, -0.05) is 18.2 Å². The van der Waals surface area contributed by atoms with E-state index >= 15 is 0 Å². The van der Waals surface area contributed by atoms with Crippen molar-refractivity contribution in [1.29, 1.82) is 0 Å². The summed E-state index contributed by atoms with van der Waals surface area (Å²) in [6.07, 6.45) is 0. The van der Waals surface area contributed by atoms with Crippen molar-refractivity contribution in [3.8, 4) is 17.2 Å². The third-order valence-electron chi connectivity index (χ3n) is 5.27. The third kappa shape index (κ3) is 5.79. The van der Waals surface area contributed by atoms with E-state index < -0.39 is 10.0 Å². The molecule has 3 aromatic carbocycles. The van der Waals surface area contributed by atoms with Crippen molar-refractivity contribution in [3.63, 3.8) is 0 Å². The van der Waals surface area contributed by atoms with Gasteiger partial charge in [-0.15, -0.1) is 0 Å². The normalized spacial score (nSPS) is 11.9. The van der Waals surface area contributed by atoms with Gasteiger partial charge in [0.05, 0.1) is 30.8 Å². The molecule has 0 saturated heterocycles. The summed E-state index contributed by atoms with van der Waals surface area (Å²) in [5, 5.41) is 2.88. The zero-order chi connectivity index (χ0) is 24.7. The number of sulfonamides is 1. The lowest BCUT2D eigenvalue weighted by Crippen LogP contribution is -2.31. The van der Waals surface area contributed by atoms with Gasteiger partial charge in [-0.2, -0.15) is 0 Å². The first-order valence-electron chi connectivity index (χ1n) is 10.5. The first-order valence-corrected chi connectivity index (χ1v) is 12.0. The Morgan fingerprint density at radius 1 is 0.912 bits per heavy atom. The van der Waals surface area contributed by atoms with Crippen LogP contribution in [-0.4, -0.2) is 42.2 Å². The molecule has 0 heterocycles. The highest BCUT2D eigenvalue weighted by Gasteiger charge is 2.21. The van der Waals surface area contributed by atoms with Gasteiger partial charge in [0.25, 0.3) is 15.9 Å². The molecule has 180 valence electrons. The largest absolute Gasteiger partial charge is 0.497 e. The van der Waals surface area contributed by atoms with Crippen LogP contribution in [0.3, 0.4) is 0 Å². The summed E-state index contributed by atoms with van der Waals surface area (Å²) >= 11 is 0. The Bertz CT molecular complexity index is 1210. The summed E-state index contributed by atoms with van der Waals surface area (Å²) in [6, 6.07) is 19.9. The molecule has 1 N–H and O–H groups in total. The van der Waals surface area contributed by atoms with Crippen LogP contribution in [0.4, 0.5) is 5.69 Å². The first kappa shape index (κ1) is 24.9. The fourth-order valence-electron chi connectivity index (χ4n) is 3.33. The number of nitrogens with one attached hydrogen (secondary N) is 1. The summed E-state index contributed by atoms with van der Waals surface area (Å²) in [5.74, 6) is 1.42. The van der Waals surface area contributed by atoms with E-state index in [1.165, 1.54) is 30.6 Å². The maximum atomic E-state index is 12.9. The minimum Gasteiger partial charge on any atom is -0.497 e. The van der Waals surface area contributed by atoms with E-state index in [0.29, 0.717) is 22.9 Å². The first-order chi connectivity index (χ1) is 16.3. The summed E-state index contributed by atoms with van der Waals surface area (Å²) in [4.78, 5) is 12.5. The van der Waals surface area contributed by atoms with Crippen molar-refractivity contribution in [2.75, 3.05) is 32.2 Å². The molecule has 9 heteroatoms. The number of amides is 1. The third-order valence-corrected chi connectivity index (χ3v) is 7.07. The van der Waals surface area contributed by atoms with Gasteiger partial charge in [0.2, 0.25) is 0 Å². The van der Waals surface area contributed by atoms with Gasteiger partial charge in [0, 0.05) is 12.6 Å². The van der Waals surface area contributed by atoms with Crippen LogP contribution in [0.2, 0.25) is 0 Å². The fraction of sp³-hybridized carbons (Fsp3) is 0.240. The zero-order valence-corrected chi connectivity index (χ0v) is 20.3. The van der Waals surface area contributed by atoms with Crippen molar-refractivity contribution >= 4 is 21.6 Å². The number of benzene rings is 3. The van der Waals surface area contributed by atoms with Gasteiger partial charge in [-0.25, -0.2) is 8.42 Å². The minimum absolute atomic E-state index is 0.150. The van der Waals surface area contributed by atoms with Crippen LogP contribution in [0.15, 0.2) is 77.7 Å². The van der Waals surface area contributed by atoms with Gasteiger partial charge in [-0.3, -0.25) is 9.10 Å². The van der Waals surface area contributed by atoms with Crippen LogP contribution in [0.1, 0.15) is 18.5 Å². The van der Waals surface area contributed by atoms with Crippen molar-refractivity contribution in [1.82, 2.24) is 5.32 Å². The van der Waals surface area contributed by atoms with E-state index in [1.54, 1.807) is 43.5 Å². The summed E-state index contributed by atoms with van der Waals surface area (Å²) < 4.78 is 42.9. The maximum Gasteiger partial charge on any atom is 0.264 e. The van der Waals surface area contributed by atoms with E-state index in [-0.39, 0.29) is 23.5 Å². The zero-order valence-electron chi connectivity index (χ0n) is 19.5. The van der Waals surface area contributed by atoms with Crippen LogP contribution in [0.25, 0.3) is 0 Å². The van der Waals surface area contributed by atoms with Crippen molar-refractivity contribution in [2.45, 2.75) is 17.9 Å².